The summed E-state index contributed by atoms with van der Waals surface area (Å²) in [5.74, 6) is 1.62. The van der Waals surface area contributed by atoms with Crippen molar-refractivity contribution in [1.29, 1.82) is 0 Å². The molecule has 2 aliphatic heterocycles. The lowest BCUT2D eigenvalue weighted by atomic mass is 10.1. The Morgan fingerprint density at radius 2 is 1.81 bits per heavy atom. The van der Waals surface area contributed by atoms with Crippen LogP contribution in [0.3, 0.4) is 0 Å². The van der Waals surface area contributed by atoms with Gasteiger partial charge in [-0.2, -0.15) is 0 Å². The molecular formula is C20H22ClN3O3. The van der Waals surface area contributed by atoms with Crippen LogP contribution in [0.25, 0.3) is 0 Å². The maximum Gasteiger partial charge on any atom is 0.317 e. The van der Waals surface area contributed by atoms with Crippen LogP contribution in [-0.4, -0.2) is 48.8 Å². The van der Waals surface area contributed by atoms with Crippen LogP contribution in [0.15, 0.2) is 42.5 Å². The molecule has 0 radical (unpaired) electrons. The summed E-state index contributed by atoms with van der Waals surface area (Å²) in [5.41, 5.74) is 2.19. The largest absolute Gasteiger partial charge is 0.454 e. The predicted octanol–water partition coefficient (Wildman–Crippen LogP) is 3.10. The molecule has 1 N–H and O–H groups in total. The van der Waals surface area contributed by atoms with Crippen molar-refractivity contribution < 1.29 is 14.3 Å². The number of amides is 2. The molecule has 0 aliphatic carbocycles. The predicted molar refractivity (Wildman–Crippen MR) is 103 cm³/mol. The number of rotatable bonds is 4. The third-order valence-electron chi connectivity index (χ3n) is 4.84. The molecule has 7 heteroatoms. The number of benzene rings is 2. The van der Waals surface area contributed by atoms with E-state index >= 15 is 0 Å². The van der Waals surface area contributed by atoms with Gasteiger partial charge in [-0.15, -0.1) is 0 Å². The zero-order valence-electron chi connectivity index (χ0n) is 15.0. The number of nitrogens with zero attached hydrogens (tertiary/aromatic N) is 2. The van der Waals surface area contributed by atoms with Crippen LogP contribution in [0.2, 0.25) is 5.02 Å². The summed E-state index contributed by atoms with van der Waals surface area (Å²) < 4.78 is 10.8. The molecule has 0 spiro atoms. The smallest absolute Gasteiger partial charge is 0.317 e. The number of nitrogens with one attached hydrogen (secondary N) is 1. The Kier molecular flexibility index (Phi) is 5.36. The Balaban J connectivity index is 1.24. The van der Waals surface area contributed by atoms with E-state index in [0.29, 0.717) is 31.4 Å². The van der Waals surface area contributed by atoms with Crippen LogP contribution < -0.4 is 14.8 Å². The molecule has 1 saturated heterocycles. The van der Waals surface area contributed by atoms with Gasteiger partial charge >= 0.3 is 6.03 Å². The van der Waals surface area contributed by atoms with Crippen LogP contribution >= 0.6 is 11.6 Å². The summed E-state index contributed by atoms with van der Waals surface area (Å²) >= 11 is 5.98. The molecule has 2 aromatic carbocycles. The van der Waals surface area contributed by atoms with Gasteiger partial charge in [0.25, 0.3) is 0 Å². The Morgan fingerprint density at radius 1 is 1.00 bits per heavy atom. The minimum atomic E-state index is -0.0299. The van der Waals surface area contributed by atoms with Crippen LogP contribution in [0.4, 0.5) is 4.79 Å². The second kappa shape index (κ2) is 8.06. The van der Waals surface area contributed by atoms with Gasteiger partial charge in [0.2, 0.25) is 6.79 Å². The zero-order chi connectivity index (χ0) is 18.6. The third kappa shape index (κ3) is 4.46. The Hall–Kier alpha value is -2.44. The first kappa shape index (κ1) is 17.9. The lowest BCUT2D eigenvalue weighted by molar-refractivity contribution is 0.135. The first-order valence-corrected chi connectivity index (χ1v) is 9.43. The fourth-order valence-electron chi connectivity index (χ4n) is 3.34. The van der Waals surface area contributed by atoms with E-state index in [2.05, 4.69) is 16.3 Å². The number of hydrogen-bond donors (Lipinski definition) is 1. The van der Waals surface area contributed by atoms with Crippen LogP contribution in [0.5, 0.6) is 11.5 Å². The maximum atomic E-state index is 12.4. The summed E-state index contributed by atoms with van der Waals surface area (Å²) in [6.45, 7) is 4.74. The van der Waals surface area contributed by atoms with Crippen LogP contribution in [-0.2, 0) is 13.1 Å². The van der Waals surface area contributed by atoms with Crippen molar-refractivity contribution in [2.45, 2.75) is 13.1 Å². The van der Waals surface area contributed by atoms with E-state index in [9.17, 15) is 4.79 Å². The molecule has 142 valence electrons. The Bertz CT molecular complexity index is 822. The fourth-order valence-corrected chi connectivity index (χ4v) is 3.56. The normalized spacial score (nSPS) is 16.4. The molecule has 2 aliphatic rings. The molecule has 0 bridgehead atoms. The quantitative estimate of drug-likeness (QED) is 0.875. The van der Waals surface area contributed by atoms with Crippen LogP contribution in [0.1, 0.15) is 11.1 Å². The average molecular weight is 388 g/mol. The van der Waals surface area contributed by atoms with Crippen molar-refractivity contribution >= 4 is 17.6 Å². The van der Waals surface area contributed by atoms with Gasteiger partial charge in [-0.25, -0.2) is 4.79 Å². The number of fused-ring (bicyclic) bond motifs is 1. The molecule has 0 aromatic heterocycles. The molecule has 0 saturated carbocycles. The summed E-state index contributed by atoms with van der Waals surface area (Å²) in [6.07, 6.45) is 0. The first-order chi connectivity index (χ1) is 13.2. The number of piperazine rings is 1. The second-order valence-electron chi connectivity index (χ2n) is 6.74. The number of ether oxygens (including phenoxy) is 2. The highest BCUT2D eigenvalue weighted by molar-refractivity contribution is 6.30. The molecule has 6 nitrogen and oxygen atoms in total. The van der Waals surface area contributed by atoms with Gasteiger partial charge in [0.1, 0.15) is 0 Å². The highest BCUT2D eigenvalue weighted by Crippen LogP contribution is 2.32. The van der Waals surface area contributed by atoms with Gasteiger partial charge in [-0.05, 0) is 35.4 Å². The Labute approximate surface area is 163 Å². The molecule has 2 amide bonds. The number of halogens is 1. The van der Waals surface area contributed by atoms with Gasteiger partial charge in [0.15, 0.2) is 11.5 Å². The van der Waals surface area contributed by atoms with E-state index in [4.69, 9.17) is 21.1 Å². The molecule has 4 rings (SSSR count). The van der Waals surface area contributed by atoms with E-state index in [0.717, 1.165) is 36.7 Å². The highest BCUT2D eigenvalue weighted by Gasteiger charge is 2.21. The second-order valence-corrected chi connectivity index (χ2v) is 7.18. The number of urea groups is 1. The zero-order valence-corrected chi connectivity index (χ0v) is 15.7. The van der Waals surface area contributed by atoms with Crippen molar-refractivity contribution in [2.24, 2.45) is 0 Å². The summed E-state index contributed by atoms with van der Waals surface area (Å²) in [6, 6.07) is 13.6. The molecule has 2 heterocycles. The van der Waals surface area contributed by atoms with Crippen molar-refractivity contribution in [1.82, 2.24) is 15.1 Å². The monoisotopic (exact) mass is 387 g/mol. The standard InChI is InChI=1S/C20H22ClN3O3/c21-17-3-1-2-15(10-17)12-22-20(25)24-8-6-23(7-9-24)13-16-4-5-18-19(11-16)27-14-26-18/h1-5,10-11H,6-9,12-14H2,(H,22,25). The van der Waals surface area contributed by atoms with E-state index in [-0.39, 0.29) is 6.03 Å². The van der Waals surface area contributed by atoms with Gasteiger partial charge in [0, 0.05) is 44.3 Å². The highest BCUT2D eigenvalue weighted by atomic mass is 35.5. The van der Waals surface area contributed by atoms with Gasteiger partial charge in [0.05, 0.1) is 0 Å². The van der Waals surface area contributed by atoms with Crippen LogP contribution in [0, 0.1) is 0 Å². The molecule has 2 aromatic rings. The van der Waals surface area contributed by atoms with E-state index < -0.39 is 0 Å². The van der Waals surface area contributed by atoms with Gasteiger partial charge in [-0.3, -0.25) is 4.90 Å². The SMILES string of the molecule is O=C(NCc1cccc(Cl)c1)N1CCN(Cc2ccc3c(c2)OCO3)CC1. The topological polar surface area (TPSA) is 54.0 Å². The van der Waals surface area contributed by atoms with E-state index in [1.54, 1.807) is 0 Å². The van der Waals surface area contributed by atoms with Gasteiger partial charge in [-0.1, -0.05) is 29.8 Å². The Morgan fingerprint density at radius 3 is 2.63 bits per heavy atom. The summed E-state index contributed by atoms with van der Waals surface area (Å²) in [5, 5.41) is 3.65. The minimum absolute atomic E-state index is 0.0299. The molecular weight excluding hydrogens is 366 g/mol. The van der Waals surface area contributed by atoms with E-state index in [1.165, 1.54) is 5.56 Å². The first-order valence-electron chi connectivity index (χ1n) is 9.05. The molecule has 1 fully saturated rings. The third-order valence-corrected chi connectivity index (χ3v) is 5.07. The lowest BCUT2D eigenvalue weighted by Gasteiger charge is -2.34. The van der Waals surface area contributed by atoms with Gasteiger partial charge < -0.3 is 19.7 Å². The lowest BCUT2D eigenvalue weighted by Crippen LogP contribution is -2.51. The van der Waals surface area contributed by atoms with Crippen molar-refractivity contribution in [3.63, 3.8) is 0 Å². The molecule has 0 atom stereocenters. The minimum Gasteiger partial charge on any atom is -0.454 e. The van der Waals surface area contributed by atoms with Crippen molar-refractivity contribution in [3.8, 4) is 11.5 Å². The molecule has 0 unspecified atom stereocenters. The number of carbonyl (C=O) groups is 1. The maximum absolute atomic E-state index is 12.4. The van der Waals surface area contributed by atoms with Crippen molar-refractivity contribution in [3.05, 3.63) is 58.6 Å². The summed E-state index contributed by atoms with van der Waals surface area (Å²) in [4.78, 5) is 16.6. The van der Waals surface area contributed by atoms with Crippen molar-refractivity contribution in [2.75, 3.05) is 33.0 Å². The fraction of sp³-hybridized carbons (Fsp3) is 0.350. The molecule has 27 heavy (non-hydrogen) atoms. The average Bonchev–Trinajstić information content (AvgIpc) is 3.15. The van der Waals surface area contributed by atoms with E-state index in [1.807, 2.05) is 41.3 Å². The summed E-state index contributed by atoms with van der Waals surface area (Å²) in [7, 11) is 0. The number of carbonyl (C=O) groups excluding carboxylic acids is 1. The number of hydrogen-bond acceptors (Lipinski definition) is 4.